The van der Waals surface area contributed by atoms with Crippen LogP contribution in [0.25, 0.3) is 0 Å². The normalized spacial score (nSPS) is 24.8. The molecular weight excluding hydrogens is 308 g/mol. The lowest BCUT2D eigenvalue weighted by Gasteiger charge is -2.35. The fraction of sp³-hybridized carbons (Fsp3) is 0.588. The summed E-state index contributed by atoms with van der Waals surface area (Å²) in [5.41, 5.74) is 1.05. The van der Waals surface area contributed by atoms with E-state index >= 15 is 0 Å². The van der Waals surface area contributed by atoms with Gasteiger partial charge in [-0.2, -0.15) is 5.26 Å². The van der Waals surface area contributed by atoms with Gasteiger partial charge in [0.05, 0.1) is 22.7 Å². The van der Waals surface area contributed by atoms with Crippen molar-refractivity contribution >= 4 is 11.4 Å². The molecule has 1 N–H and O–H groups in total. The van der Waals surface area contributed by atoms with Gasteiger partial charge in [-0.25, -0.2) is 0 Å². The van der Waals surface area contributed by atoms with Crippen molar-refractivity contribution in [2.75, 3.05) is 37.6 Å². The second kappa shape index (κ2) is 7.16. The Morgan fingerprint density at radius 1 is 1.33 bits per heavy atom. The van der Waals surface area contributed by atoms with Crippen LogP contribution in [0, 0.1) is 27.4 Å². The summed E-state index contributed by atoms with van der Waals surface area (Å²) in [5.74, 6) is 0.425. The number of benzene rings is 1. The van der Waals surface area contributed by atoms with Crippen LogP contribution >= 0.6 is 0 Å². The number of likely N-dealkylation sites (tertiary alicyclic amines) is 1. The van der Waals surface area contributed by atoms with Crippen LogP contribution in [0.1, 0.15) is 24.8 Å². The molecule has 2 saturated heterocycles. The maximum absolute atomic E-state index is 11.3. The van der Waals surface area contributed by atoms with Gasteiger partial charge in [0.15, 0.2) is 0 Å². The van der Waals surface area contributed by atoms with Crippen molar-refractivity contribution < 1.29 is 10.0 Å². The van der Waals surface area contributed by atoms with Gasteiger partial charge in [-0.15, -0.1) is 0 Å². The summed E-state index contributed by atoms with van der Waals surface area (Å²) in [4.78, 5) is 15.3. The van der Waals surface area contributed by atoms with Crippen molar-refractivity contribution in [3.63, 3.8) is 0 Å². The van der Waals surface area contributed by atoms with E-state index in [0.717, 1.165) is 52.0 Å². The number of nitrogens with zero attached hydrogens (tertiary/aromatic N) is 4. The van der Waals surface area contributed by atoms with E-state index in [0.29, 0.717) is 17.2 Å². The number of aliphatic hydroxyl groups is 1. The smallest absolute Gasteiger partial charge is 0.292 e. The number of aliphatic hydroxyl groups excluding tert-OH is 1. The molecule has 0 aromatic heterocycles. The van der Waals surface area contributed by atoms with Gasteiger partial charge in [0, 0.05) is 38.8 Å². The van der Waals surface area contributed by atoms with Gasteiger partial charge in [0.2, 0.25) is 0 Å². The molecule has 0 spiro atoms. The standard InChI is InChI=1S/C17H22N4O3/c18-9-13-3-4-16(21(23)24)17(8-13)20-6-1-2-14(11-20)10-19-7-5-15(22)12-19/h3-4,8,14-15,22H,1-2,5-7,10-12H2/t14-,15-/m0/s1. The molecular formula is C17H22N4O3. The first-order chi connectivity index (χ1) is 11.6. The van der Waals surface area contributed by atoms with Crippen molar-refractivity contribution in [2.24, 2.45) is 5.92 Å². The van der Waals surface area contributed by atoms with Crippen LogP contribution in [-0.4, -0.2) is 53.8 Å². The van der Waals surface area contributed by atoms with Gasteiger partial charge >= 0.3 is 0 Å². The SMILES string of the molecule is N#Cc1ccc([N+](=O)[O-])c(N2CCC[C@@H](CN3CC[C@H](O)C3)C2)c1. The summed E-state index contributed by atoms with van der Waals surface area (Å²) in [6.07, 6.45) is 2.67. The van der Waals surface area contributed by atoms with Gasteiger partial charge in [0.1, 0.15) is 5.69 Å². The third kappa shape index (κ3) is 3.66. The number of piperidine rings is 1. The fourth-order valence-electron chi connectivity index (χ4n) is 3.78. The second-order valence-electron chi connectivity index (χ2n) is 6.73. The lowest BCUT2D eigenvalue weighted by Crippen LogP contribution is -2.41. The zero-order chi connectivity index (χ0) is 17.1. The molecule has 0 bridgehead atoms. The minimum absolute atomic E-state index is 0.0613. The summed E-state index contributed by atoms with van der Waals surface area (Å²) in [6, 6.07) is 6.61. The quantitative estimate of drug-likeness (QED) is 0.668. The molecule has 2 atom stereocenters. The highest BCUT2D eigenvalue weighted by molar-refractivity contribution is 5.66. The zero-order valence-corrected chi connectivity index (χ0v) is 13.6. The van der Waals surface area contributed by atoms with Crippen molar-refractivity contribution in [3.05, 3.63) is 33.9 Å². The van der Waals surface area contributed by atoms with Gasteiger partial charge in [-0.1, -0.05) is 0 Å². The third-order valence-corrected chi connectivity index (χ3v) is 4.92. The maximum atomic E-state index is 11.3. The highest BCUT2D eigenvalue weighted by Crippen LogP contribution is 2.32. The number of hydrogen-bond acceptors (Lipinski definition) is 6. The molecule has 7 heteroatoms. The Morgan fingerprint density at radius 3 is 2.83 bits per heavy atom. The molecule has 2 aliphatic heterocycles. The molecule has 7 nitrogen and oxygen atoms in total. The average molecular weight is 330 g/mol. The molecule has 2 fully saturated rings. The molecule has 1 aromatic rings. The Labute approximate surface area is 141 Å². The summed E-state index contributed by atoms with van der Waals surface area (Å²) >= 11 is 0. The molecule has 0 radical (unpaired) electrons. The van der Waals surface area contributed by atoms with Crippen LogP contribution in [0.4, 0.5) is 11.4 Å². The third-order valence-electron chi connectivity index (χ3n) is 4.92. The minimum Gasteiger partial charge on any atom is -0.392 e. The zero-order valence-electron chi connectivity index (χ0n) is 13.6. The Morgan fingerprint density at radius 2 is 2.17 bits per heavy atom. The first kappa shape index (κ1) is 16.7. The molecule has 0 amide bonds. The number of nitro benzene ring substituents is 1. The van der Waals surface area contributed by atoms with E-state index in [1.807, 2.05) is 4.90 Å². The van der Waals surface area contributed by atoms with Crippen LogP contribution in [0.3, 0.4) is 0 Å². The molecule has 3 rings (SSSR count). The molecule has 128 valence electrons. The summed E-state index contributed by atoms with van der Waals surface area (Å²) in [5, 5.41) is 30.1. The van der Waals surface area contributed by atoms with Crippen LogP contribution in [-0.2, 0) is 0 Å². The predicted octanol–water partition coefficient (Wildman–Crippen LogP) is 1.75. The Bertz CT molecular complexity index is 658. The van der Waals surface area contributed by atoms with Gasteiger partial charge < -0.3 is 14.9 Å². The maximum Gasteiger partial charge on any atom is 0.292 e. The summed E-state index contributed by atoms with van der Waals surface area (Å²) in [7, 11) is 0. The monoisotopic (exact) mass is 330 g/mol. The van der Waals surface area contributed by atoms with Crippen LogP contribution in [0.5, 0.6) is 0 Å². The Kier molecular flexibility index (Phi) is 4.97. The molecule has 0 unspecified atom stereocenters. The van der Waals surface area contributed by atoms with E-state index in [4.69, 9.17) is 5.26 Å². The Hall–Kier alpha value is -2.17. The number of nitriles is 1. The van der Waals surface area contributed by atoms with Crippen LogP contribution < -0.4 is 4.90 Å². The topological polar surface area (TPSA) is 93.6 Å². The first-order valence-corrected chi connectivity index (χ1v) is 8.40. The van der Waals surface area contributed by atoms with E-state index in [9.17, 15) is 15.2 Å². The predicted molar refractivity (Wildman–Crippen MR) is 89.8 cm³/mol. The van der Waals surface area contributed by atoms with Crippen LogP contribution in [0.15, 0.2) is 18.2 Å². The highest BCUT2D eigenvalue weighted by Gasteiger charge is 2.29. The number of rotatable bonds is 4. The number of anilines is 1. The van der Waals surface area contributed by atoms with E-state index < -0.39 is 0 Å². The lowest BCUT2D eigenvalue weighted by molar-refractivity contribution is -0.384. The average Bonchev–Trinajstić information content (AvgIpc) is 2.99. The Balaban J connectivity index is 1.74. The highest BCUT2D eigenvalue weighted by atomic mass is 16.6. The fourth-order valence-corrected chi connectivity index (χ4v) is 3.78. The molecule has 1 aromatic carbocycles. The molecule has 0 aliphatic carbocycles. The lowest BCUT2D eigenvalue weighted by atomic mass is 9.96. The van der Waals surface area contributed by atoms with Crippen molar-refractivity contribution in [1.82, 2.24) is 4.90 Å². The summed E-state index contributed by atoms with van der Waals surface area (Å²) < 4.78 is 0. The first-order valence-electron chi connectivity index (χ1n) is 8.40. The van der Waals surface area contributed by atoms with E-state index in [1.54, 1.807) is 6.07 Å². The van der Waals surface area contributed by atoms with E-state index in [1.165, 1.54) is 12.1 Å². The van der Waals surface area contributed by atoms with E-state index in [2.05, 4.69) is 11.0 Å². The van der Waals surface area contributed by atoms with Crippen molar-refractivity contribution in [3.8, 4) is 6.07 Å². The molecule has 2 aliphatic rings. The molecule has 24 heavy (non-hydrogen) atoms. The van der Waals surface area contributed by atoms with Gasteiger partial charge in [-0.05, 0) is 37.3 Å². The summed E-state index contributed by atoms with van der Waals surface area (Å²) in [6.45, 7) is 4.08. The number of β-amino-alcohol motifs (C(OH)–C–C–N with tert-alkyl or cyclic N) is 1. The van der Waals surface area contributed by atoms with Crippen molar-refractivity contribution in [1.29, 1.82) is 5.26 Å². The van der Waals surface area contributed by atoms with Crippen LogP contribution in [0.2, 0.25) is 0 Å². The van der Waals surface area contributed by atoms with Crippen molar-refractivity contribution in [2.45, 2.75) is 25.4 Å². The molecule has 0 saturated carbocycles. The second-order valence-corrected chi connectivity index (χ2v) is 6.73. The largest absolute Gasteiger partial charge is 0.392 e. The minimum atomic E-state index is -0.378. The van der Waals surface area contributed by atoms with E-state index in [-0.39, 0.29) is 16.7 Å². The van der Waals surface area contributed by atoms with Gasteiger partial charge in [-0.3, -0.25) is 10.1 Å². The number of nitro groups is 1. The number of hydrogen-bond donors (Lipinski definition) is 1. The molecule has 2 heterocycles. The van der Waals surface area contributed by atoms with Gasteiger partial charge in [0.25, 0.3) is 5.69 Å².